The topological polar surface area (TPSA) is 126 Å². The van der Waals surface area contributed by atoms with Gasteiger partial charge in [0.05, 0.1) is 36.8 Å². The first kappa shape index (κ1) is 22.5. The molecule has 0 aliphatic heterocycles. The number of hydrogen-bond acceptors (Lipinski definition) is 8. The summed E-state index contributed by atoms with van der Waals surface area (Å²) in [6.07, 6.45) is 3.16. The highest BCUT2D eigenvalue weighted by molar-refractivity contribution is 5.68. The molecule has 0 saturated carbocycles. The highest BCUT2D eigenvalue weighted by atomic mass is 16.5. The second-order valence-electron chi connectivity index (χ2n) is 7.68. The van der Waals surface area contributed by atoms with Gasteiger partial charge in [-0.2, -0.15) is 0 Å². The summed E-state index contributed by atoms with van der Waals surface area (Å²) in [7, 11) is 1.90. The zero-order chi connectivity index (χ0) is 23.4. The second kappa shape index (κ2) is 9.86. The van der Waals surface area contributed by atoms with Crippen LogP contribution in [-0.2, 0) is 6.54 Å². The smallest absolute Gasteiger partial charge is 0.250 e. The van der Waals surface area contributed by atoms with Crippen molar-refractivity contribution in [3.05, 3.63) is 76.5 Å². The number of benzene rings is 1. The van der Waals surface area contributed by atoms with Crippen molar-refractivity contribution in [2.24, 2.45) is 0 Å². The molecule has 4 aromatic rings. The molecule has 3 N–H and O–H groups in total. The van der Waals surface area contributed by atoms with Crippen molar-refractivity contribution < 1.29 is 14.7 Å². The lowest BCUT2D eigenvalue weighted by molar-refractivity contribution is 0.152. The molecule has 0 radical (unpaired) electrons. The van der Waals surface area contributed by atoms with Crippen LogP contribution in [-0.4, -0.2) is 50.2 Å². The van der Waals surface area contributed by atoms with Gasteiger partial charge in [0.1, 0.15) is 11.4 Å². The van der Waals surface area contributed by atoms with Crippen LogP contribution in [0, 0.1) is 6.92 Å². The quantitative estimate of drug-likeness (QED) is 0.375. The molecule has 0 bridgehead atoms. The lowest BCUT2D eigenvalue weighted by atomic mass is 10.1. The van der Waals surface area contributed by atoms with E-state index in [1.807, 2.05) is 44.3 Å². The highest BCUT2D eigenvalue weighted by Crippen LogP contribution is 2.28. The number of aliphatic hydroxyl groups is 2. The molecule has 0 unspecified atom stereocenters. The monoisotopic (exact) mass is 447 g/mol. The van der Waals surface area contributed by atoms with Crippen LogP contribution in [0.1, 0.15) is 17.3 Å². The SMILES string of the molecule is CNCc1ccc(-c2cc(-c3nc(-c4ccc(=O)n(C(CO)CO)c4)cnc3C)on2)cc1. The minimum atomic E-state index is -0.730. The van der Waals surface area contributed by atoms with Gasteiger partial charge >= 0.3 is 0 Å². The van der Waals surface area contributed by atoms with Gasteiger partial charge in [-0.25, -0.2) is 4.98 Å². The first-order valence-corrected chi connectivity index (χ1v) is 10.5. The number of nitrogens with one attached hydrogen (secondary N) is 1. The van der Waals surface area contributed by atoms with Crippen LogP contribution in [0.2, 0.25) is 0 Å². The second-order valence-corrected chi connectivity index (χ2v) is 7.68. The fourth-order valence-corrected chi connectivity index (χ4v) is 3.52. The molecule has 9 heteroatoms. The minimum absolute atomic E-state index is 0.326. The van der Waals surface area contributed by atoms with E-state index in [1.54, 1.807) is 18.5 Å². The third-order valence-electron chi connectivity index (χ3n) is 5.38. The Hall–Kier alpha value is -3.66. The zero-order valence-corrected chi connectivity index (χ0v) is 18.4. The third-order valence-corrected chi connectivity index (χ3v) is 5.38. The van der Waals surface area contributed by atoms with Gasteiger partial charge < -0.3 is 24.6 Å². The summed E-state index contributed by atoms with van der Waals surface area (Å²) in [6.45, 7) is 1.90. The van der Waals surface area contributed by atoms with E-state index in [0.717, 1.165) is 12.1 Å². The molecule has 0 aliphatic rings. The normalized spacial score (nSPS) is 11.3. The molecule has 33 heavy (non-hydrogen) atoms. The zero-order valence-electron chi connectivity index (χ0n) is 18.4. The van der Waals surface area contributed by atoms with Gasteiger partial charge in [0, 0.05) is 36.0 Å². The number of hydrogen-bond donors (Lipinski definition) is 3. The molecule has 1 aromatic carbocycles. The van der Waals surface area contributed by atoms with E-state index in [1.165, 1.54) is 16.2 Å². The Morgan fingerprint density at radius 2 is 1.79 bits per heavy atom. The van der Waals surface area contributed by atoms with Crippen molar-refractivity contribution in [2.45, 2.75) is 19.5 Å². The number of nitrogens with zero attached hydrogens (tertiary/aromatic N) is 4. The van der Waals surface area contributed by atoms with Crippen LogP contribution in [0.15, 0.2) is 64.2 Å². The predicted molar refractivity (Wildman–Crippen MR) is 123 cm³/mol. The molecule has 0 saturated heterocycles. The van der Waals surface area contributed by atoms with Crippen LogP contribution in [0.3, 0.4) is 0 Å². The van der Waals surface area contributed by atoms with Crippen LogP contribution >= 0.6 is 0 Å². The standard InChI is InChI=1S/C24H25N5O4/c1-15-24(22-9-20(28-33-22)17-5-3-16(4-6-17)10-25-2)27-21(11-26-15)18-7-8-23(32)29(12-18)19(13-30)14-31/h3-9,11-12,19,25,30-31H,10,13-14H2,1-2H3. The van der Waals surface area contributed by atoms with Crippen molar-refractivity contribution in [1.82, 2.24) is 25.0 Å². The molecule has 0 amide bonds. The molecule has 0 atom stereocenters. The Kier molecular flexibility index (Phi) is 6.74. The van der Waals surface area contributed by atoms with Gasteiger partial charge in [-0.05, 0) is 25.6 Å². The first-order chi connectivity index (χ1) is 16.0. The maximum Gasteiger partial charge on any atom is 0.250 e. The van der Waals surface area contributed by atoms with Crippen LogP contribution in [0.25, 0.3) is 34.0 Å². The van der Waals surface area contributed by atoms with E-state index in [2.05, 4.69) is 15.5 Å². The largest absolute Gasteiger partial charge is 0.394 e. The summed E-state index contributed by atoms with van der Waals surface area (Å²) >= 11 is 0. The van der Waals surface area contributed by atoms with Gasteiger partial charge in [0.25, 0.3) is 5.56 Å². The molecule has 4 rings (SSSR count). The van der Waals surface area contributed by atoms with Crippen molar-refractivity contribution >= 4 is 0 Å². The Bertz CT molecular complexity index is 1290. The molecule has 170 valence electrons. The first-order valence-electron chi connectivity index (χ1n) is 10.5. The summed E-state index contributed by atoms with van der Waals surface area (Å²) in [4.78, 5) is 21.3. The summed E-state index contributed by atoms with van der Waals surface area (Å²) in [5.41, 5.74) is 4.81. The fraction of sp³-hybridized carbons (Fsp3) is 0.250. The Morgan fingerprint density at radius 3 is 2.48 bits per heavy atom. The van der Waals surface area contributed by atoms with Gasteiger partial charge in [0.2, 0.25) is 0 Å². The van der Waals surface area contributed by atoms with Gasteiger partial charge in [-0.1, -0.05) is 29.4 Å². The number of aryl methyl sites for hydroxylation is 1. The van der Waals surface area contributed by atoms with E-state index in [-0.39, 0.29) is 18.8 Å². The molecule has 0 fully saturated rings. The maximum atomic E-state index is 12.2. The molecular weight excluding hydrogens is 422 g/mol. The van der Waals surface area contributed by atoms with E-state index in [0.29, 0.717) is 34.1 Å². The van der Waals surface area contributed by atoms with E-state index < -0.39 is 6.04 Å². The number of aliphatic hydroxyl groups excluding tert-OH is 2. The molecule has 3 heterocycles. The van der Waals surface area contributed by atoms with E-state index >= 15 is 0 Å². The van der Waals surface area contributed by atoms with E-state index in [9.17, 15) is 15.0 Å². The maximum absolute atomic E-state index is 12.2. The molecule has 0 spiro atoms. The van der Waals surface area contributed by atoms with Crippen molar-refractivity contribution in [3.8, 4) is 34.0 Å². The molecule has 9 nitrogen and oxygen atoms in total. The highest BCUT2D eigenvalue weighted by Gasteiger charge is 2.16. The fourth-order valence-electron chi connectivity index (χ4n) is 3.52. The molecular formula is C24H25N5O4. The lowest BCUT2D eigenvalue weighted by Gasteiger charge is -2.15. The van der Waals surface area contributed by atoms with Gasteiger partial charge in [-0.3, -0.25) is 9.78 Å². The van der Waals surface area contributed by atoms with E-state index in [4.69, 9.17) is 9.51 Å². The van der Waals surface area contributed by atoms with Crippen LogP contribution < -0.4 is 10.9 Å². The summed E-state index contributed by atoms with van der Waals surface area (Å²) in [6, 6.07) is 12.1. The molecule has 0 aliphatic carbocycles. The van der Waals surface area contributed by atoms with Crippen LogP contribution in [0.5, 0.6) is 0 Å². The average molecular weight is 447 g/mol. The van der Waals surface area contributed by atoms with Crippen molar-refractivity contribution in [2.75, 3.05) is 20.3 Å². The minimum Gasteiger partial charge on any atom is -0.394 e. The third kappa shape index (κ3) is 4.75. The van der Waals surface area contributed by atoms with Crippen molar-refractivity contribution in [3.63, 3.8) is 0 Å². The lowest BCUT2D eigenvalue weighted by Crippen LogP contribution is -2.28. The predicted octanol–water partition coefficient (Wildman–Crippen LogP) is 2.18. The Labute approximate surface area is 190 Å². The summed E-state index contributed by atoms with van der Waals surface area (Å²) in [5.74, 6) is 0.480. The van der Waals surface area contributed by atoms with Gasteiger partial charge in [0.15, 0.2) is 5.76 Å². The average Bonchev–Trinajstić information content (AvgIpc) is 3.32. The summed E-state index contributed by atoms with van der Waals surface area (Å²) in [5, 5.41) is 26.2. The number of aromatic nitrogens is 4. The number of pyridine rings is 1. The van der Waals surface area contributed by atoms with Gasteiger partial charge in [-0.15, -0.1) is 0 Å². The number of rotatable bonds is 8. The Balaban J connectivity index is 1.68. The van der Waals surface area contributed by atoms with Crippen molar-refractivity contribution in [1.29, 1.82) is 0 Å². The van der Waals surface area contributed by atoms with Crippen LogP contribution in [0.4, 0.5) is 0 Å². The Morgan fingerprint density at radius 1 is 1.06 bits per heavy atom. The molecule has 3 aromatic heterocycles. The summed E-state index contributed by atoms with van der Waals surface area (Å²) < 4.78 is 6.88.